The number of amides is 3. The van der Waals surface area contributed by atoms with Crippen molar-refractivity contribution in [2.75, 3.05) is 18.6 Å². The molecule has 0 saturated carbocycles. The van der Waals surface area contributed by atoms with Crippen molar-refractivity contribution in [2.24, 2.45) is 11.7 Å². The van der Waals surface area contributed by atoms with Gasteiger partial charge in [0.25, 0.3) is 0 Å². The van der Waals surface area contributed by atoms with Crippen molar-refractivity contribution >= 4 is 35.5 Å². The molecular weight excluding hydrogens is 432 g/mol. The van der Waals surface area contributed by atoms with Crippen LogP contribution in [0.2, 0.25) is 0 Å². The summed E-state index contributed by atoms with van der Waals surface area (Å²) in [6, 6.07) is 6.17. The van der Waals surface area contributed by atoms with Gasteiger partial charge in [0.1, 0.15) is 18.1 Å². The summed E-state index contributed by atoms with van der Waals surface area (Å²) in [4.78, 5) is 49.3. The Kier molecular flexibility index (Phi) is 12.4. The van der Waals surface area contributed by atoms with E-state index in [-0.39, 0.29) is 25.3 Å². The number of thioether (sulfide) groups is 1. The number of hydrogen-bond donors (Lipinski definition) is 5. The molecule has 0 fully saturated rings. The number of nitrogens with two attached hydrogens (primary N) is 1. The molecule has 1 rings (SSSR count). The van der Waals surface area contributed by atoms with Crippen molar-refractivity contribution in [3.05, 3.63) is 35.9 Å². The highest BCUT2D eigenvalue weighted by molar-refractivity contribution is 7.98. The van der Waals surface area contributed by atoms with Gasteiger partial charge in [-0.15, -0.1) is 0 Å². The third kappa shape index (κ3) is 10.1. The molecule has 178 valence electrons. The van der Waals surface area contributed by atoms with E-state index in [2.05, 4.69) is 16.0 Å². The predicted molar refractivity (Wildman–Crippen MR) is 125 cm³/mol. The summed E-state index contributed by atoms with van der Waals surface area (Å²) in [7, 11) is 0. The Hall–Kier alpha value is -2.59. The number of aliphatic carboxylic acids is 1. The van der Waals surface area contributed by atoms with E-state index in [1.165, 1.54) is 11.8 Å². The maximum Gasteiger partial charge on any atom is 0.326 e. The number of carboxylic acids is 1. The highest BCUT2D eigenvalue weighted by Gasteiger charge is 2.29. The van der Waals surface area contributed by atoms with Gasteiger partial charge in [-0.05, 0) is 36.3 Å². The largest absolute Gasteiger partial charge is 0.480 e. The van der Waals surface area contributed by atoms with E-state index in [4.69, 9.17) is 5.73 Å². The Labute approximate surface area is 193 Å². The van der Waals surface area contributed by atoms with E-state index in [1.807, 2.05) is 50.4 Å². The first-order chi connectivity index (χ1) is 15.2. The Morgan fingerprint density at radius 3 is 2.09 bits per heavy atom. The highest BCUT2D eigenvalue weighted by Crippen LogP contribution is 2.09. The molecule has 32 heavy (non-hydrogen) atoms. The van der Waals surface area contributed by atoms with Crippen LogP contribution < -0.4 is 21.7 Å². The second-order valence-corrected chi connectivity index (χ2v) is 8.87. The molecule has 6 N–H and O–H groups in total. The van der Waals surface area contributed by atoms with Crippen LogP contribution in [0.25, 0.3) is 0 Å². The van der Waals surface area contributed by atoms with Crippen LogP contribution in [-0.2, 0) is 25.6 Å². The molecule has 3 unspecified atom stereocenters. The molecule has 0 aromatic heterocycles. The molecule has 0 aliphatic rings. The lowest BCUT2D eigenvalue weighted by Crippen LogP contribution is -2.57. The second-order valence-electron chi connectivity index (χ2n) is 7.89. The Morgan fingerprint density at radius 1 is 0.969 bits per heavy atom. The molecule has 0 saturated heterocycles. The zero-order chi connectivity index (χ0) is 24.1. The summed E-state index contributed by atoms with van der Waals surface area (Å²) >= 11 is 1.52. The van der Waals surface area contributed by atoms with Gasteiger partial charge >= 0.3 is 5.97 Å². The molecule has 0 aliphatic carbocycles. The quantitative estimate of drug-likeness (QED) is 0.268. The molecule has 0 bridgehead atoms. The normalized spacial score (nSPS) is 13.7. The number of carbonyl (C=O) groups excluding carboxylic acids is 3. The molecular formula is C22H34N4O5S. The van der Waals surface area contributed by atoms with Gasteiger partial charge in [-0.25, -0.2) is 4.79 Å². The number of benzene rings is 1. The minimum atomic E-state index is -1.13. The third-order valence-electron chi connectivity index (χ3n) is 4.69. The predicted octanol–water partition coefficient (Wildman–Crippen LogP) is 0.526. The van der Waals surface area contributed by atoms with Crippen molar-refractivity contribution in [1.82, 2.24) is 16.0 Å². The first kappa shape index (κ1) is 27.4. The van der Waals surface area contributed by atoms with Gasteiger partial charge < -0.3 is 26.8 Å². The van der Waals surface area contributed by atoms with Crippen LogP contribution in [0.5, 0.6) is 0 Å². The summed E-state index contributed by atoms with van der Waals surface area (Å²) in [5.74, 6) is -2.05. The maximum absolute atomic E-state index is 13.0. The fraction of sp³-hybridized carbons (Fsp3) is 0.545. The van der Waals surface area contributed by atoms with Gasteiger partial charge in [0.05, 0.1) is 6.54 Å². The monoisotopic (exact) mass is 466 g/mol. The summed E-state index contributed by atoms with van der Waals surface area (Å²) in [5, 5.41) is 17.3. The standard InChI is InChI=1S/C22H34N4O5S/c1-14(2)11-18(22(30)31)26-21(29)17(12-15-7-5-4-6-8-15)25-20(28)16(9-10-32-3)24-19(27)13-23/h4-8,14,16-18H,9-13,23H2,1-3H3,(H,24,27)(H,25,28)(H,26,29)(H,30,31). The molecule has 3 atom stereocenters. The van der Waals surface area contributed by atoms with Gasteiger partial charge in [-0.2, -0.15) is 11.8 Å². The smallest absolute Gasteiger partial charge is 0.326 e. The molecule has 0 heterocycles. The van der Waals surface area contributed by atoms with E-state index in [9.17, 15) is 24.3 Å². The number of carboxylic acid groups (broad SMARTS) is 1. The first-order valence-electron chi connectivity index (χ1n) is 10.5. The van der Waals surface area contributed by atoms with Gasteiger partial charge in [0.15, 0.2) is 0 Å². The molecule has 9 nitrogen and oxygen atoms in total. The van der Waals surface area contributed by atoms with E-state index >= 15 is 0 Å². The summed E-state index contributed by atoms with van der Waals surface area (Å²) in [6.07, 6.45) is 2.68. The van der Waals surface area contributed by atoms with Crippen molar-refractivity contribution in [3.63, 3.8) is 0 Å². The number of rotatable bonds is 14. The van der Waals surface area contributed by atoms with E-state index in [0.717, 1.165) is 5.56 Å². The number of carbonyl (C=O) groups is 4. The molecule has 10 heteroatoms. The minimum Gasteiger partial charge on any atom is -0.480 e. The molecule has 0 radical (unpaired) electrons. The summed E-state index contributed by atoms with van der Waals surface area (Å²) in [5.41, 5.74) is 6.16. The SMILES string of the molecule is CSCCC(NC(=O)CN)C(=O)NC(Cc1ccccc1)C(=O)NC(CC(C)C)C(=O)O. The lowest BCUT2D eigenvalue weighted by molar-refractivity contribution is -0.142. The average molecular weight is 467 g/mol. The summed E-state index contributed by atoms with van der Waals surface area (Å²) < 4.78 is 0. The van der Waals surface area contributed by atoms with Crippen LogP contribution in [0, 0.1) is 5.92 Å². The van der Waals surface area contributed by atoms with Gasteiger partial charge in [0.2, 0.25) is 17.7 Å². The maximum atomic E-state index is 13.0. The van der Waals surface area contributed by atoms with E-state index in [1.54, 1.807) is 0 Å². The highest BCUT2D eigenvalue weighted by atomic mass is 32.2. The van der Waals surface area contributed by atoms with Gasteiger partial charge in [0, 0.05) is 6.42 Å². The van der Waals surface area contributed by atoms with Crippen LogP contribution in [0.4, 0.5) is 0 Å². The van der Waals surface area contributed by atoms with Gasteiger partial charge in [-0.3, -0.25) is 14.4 Å². The lowest BCUT2D eigenvalue weighted by atomic mass is 10.0. The fourth-order valence-electron chi connectivity index (χ4n) is 3.05. The van der Waals surface area contributed by atoms with Crippen molar-refractivity contribution in [3.8, 4) is 0 Å². The van der Waals surface area contributed by atoms with E-state index in [0.29, 0.717) is 12.2 Å². The molecule has 0 spiro atoms. The van der Waals surface area contributed by atoms with E-state index < -0.39 is 41.8 Å². The fourth-order valence-corrected chi connectivity index (χ4v) is 3.53. The number of hydrogen-bond acceptors (Lipinski definition) is 6. The summed E-state index contributed by atoms with van der Waals surface area (Å²) in [6.45, 7) is 3.47. The molecule has 0 aliphatic heterocycles. The van der Waals surface area contributed by atoms with Crippen LogP contribution in [-0.4, -0.2) is 65.5 Å². The van der Waals surface area contributed by atoms with Crippen LogP contribution in [0.3, 0.4) is 0 Å². The molecule has 1 aromatic rings. The first-order valence-corrected chi connectivity index (χ1v) is 11.9. The zero-order valence-corrected chi connectivity index (χ0v) is 19.6. The Morgan fingerprint density at radius 2 is 1.56 bits per heavy atom. The number of nitrogens with one attached hydrogen (secondary N) is 3. The van der Waals surface area contributed by atoms with Crippen LogP contribution >= 0.6 is 11.8 Å². The zero-order valence-electron chi connectivity index (χ0n) is 18.8. The molecule has 3 amide bonds. The Balaban J connectivity index is 3.05. The Bertz CT molecular complexity index is 760. The minimum absolute atomic E-state index is 0.0564. The second kappa shape index (κ2) is 14.5. The topological polar surface area (TPSA) is 151 Å². The van der Waals surface area contributed by atoms with Crippen LogP contribution in [0.15, 0.2) is 30.3 Å². The van der Waals surface area contributed by atoms with Crippen LogP contribution in [0.1, 0.15) is 32.3 Å². The molecule has 1 aromatic carbocycles. The lowest BCUT2D eigenvalue weighted by Gasteiger charge is -2.25. The van der Waals surface area contributed by atoms with Crippen molar-refractivity contribution < 1.29 is 24.3 Å². The van der Waals surface area contributed by atoms with Gasteiger partial charge in [-0.1, -0.05) is 44.2 Å². The van der Waals surface area contributed by atoms with Crippen molar-refractivity contribution in [2.45, 2.75) is 51.2 Å². The average Bonchev–Trinajstić information content (AvgIpc) is 2.75. The third-order valence-corrected chi connectivity index (χ3v) is 5.33. The van der Waals surface area contributed by atoms with Crippen molar-refractivity contribution in [1.29, 1.82) is 0 Å².